The number of anilines is 6. The number of fused-ring (bicyclic) bond motifs is 8. The second kappa shape index (κ2) is 14.3. The molecule has 7 aromatic carbocycles. The van der Waals surface area contributed by atoms with Gasteiger partial charge in [0.25, 0.3) is 6.71 Å². The van der Waals surface area contributed by atoms with E-state index in [2.05, 4.69) is 226 Å². The zero-order valence-electron chi connectivity index (χ0n) is 40.6. The predicted molar refractivity (Wildman–Crippen MR) is 280 cm³/mol. The van der Waals surface area contributed by atoms with E-state index in [0.29, 0.717) is 5.92 Å². The van der Waals surface area contributed by atoms with Crippen molar-refractivity contribution < 1.29 is 4.42 Å². The zero-order valence-corrected chi connectivity index (χ0v) is 40.6. The van der Waals surface area contributed by atoms with Crippen molar-refractivity contribution in [3.05, 3.63) is 161 Å². The van der Waals surface area contributed by atoms with E-state index in [1.807, 2.05) is 0 Å². The number of rotatable bonds is 4. The number of furan rings is 1. The fraction of sp³-hybridized carbons (Fsp3) is 0.311. The normalized spacial score (nSPS) is 16.2. The van der Waals surface area contributed by atoms with Crippen molar-refractivity contribution in [3.8, 4) is 11.1 Å². The van der Waals surface area contributed by atoms with Gasteiger partial charge in [0, 0.05) is 39.3 Å². The van der Waals surface area contributed by atoms with Crippen molar-refractivity contribution in [2.45, 2.75) is 124 Å². The molecule has 1 aliphatic carbocycles. The van der Waals surface area contributed by atoms with Crippen molar-refractivity contribution in [1.82, 2.24) is 0 Å². The third-order valence-corrected chi connectivity index (χ3v) is 15.4. The van der Waals surface area contributed by atoms with Crippen LogP contribution in [-0.2, 0) is 21.7 Å². The van der Waals surface area contributed by atoms with Crippen molar-refractivity contribution in [3.63, 3.8) is 0 Å². The molecule has 0 saturated heterocycles. The van der Waals surface area contributed by atoms with E-state index < -0.39 is 0 Å². The fourth-order valence-corrected chi connectivity index (χ4v) is 11.3. The summed E-state index contributed by atoms with van der Waals surface area (Å²) in [6, 6.07) is 51.4. The van der Waals surface area contributed by atoms with Gasteiger partial charge in [-0.2, -0.15) is 0 Å². The zero-order chi connectivity index (χ0) is 45.5. The maximum atomic E-state index is 7.34. The van der Waals surface area contributed by atoms with E-state index >= 15 is 0 Å². The van der Waals surface area contributed by atoms with Gasteiger partial charge in [0.15, 0.2) is 0 Å². The van der Waals surface area contributed by atoms with Crippen LogP contribution in [0.5, 0.6) is 0 Å². The Balaban J connectivity index is 1.31. The van der Waals surface area contributed by atoms with E-state index in [1.165, 1.54) is 88.6 Å². The molecule has 2 aliphatic heterocycles. The molecule has 3 aliphatic rings. The Morgan fingerprint density at radius 3 is 1.80 bits per heavy atom. The fourth-order valence-electron chi connectivity index (χ4n) is 11.3. The smallest absolute Gasteiger partial charge is 0.257 e. The summed E-state index contributed by atoms with van der Waals surface area (Å²) in [5.74, 6) is 1.33. The molecule has 1 aromatic heterocycles. The lowest BCUT2D eigenvalue weighted by Gasteiger charge is -2.46. The van der Waals surface area contributed by atoms with Crippen LogP contribution in [0.4, 0.5) is 34.3 Å². The van der Waals surface area contributed by atoms with Crippen molar-refractivity contribution >= 4 is 79.2 Å². The summed E-state index contributed by atoms with van der Waals surface area (Å²) >= 11 is 0. The minimum Gasteiger partial charge on any atom is -0.440 e. The molecule has 0 radical (unpaired) electrons. The van der Waals surface area contributed by atoms with E-state index in [4.69, 9.17) is 4.42 Å². The highest BCUT2D eigenvalue weighted by molar-refractivity contribution is 7.01. The molecule has 0 unspecified atom stereocenters. The van der Waals surface area contributed by atoms with Gasteiger partial charge < -0.3 is 9.32 Å². The molecule has 3 heterocycles. The lowest BCUT2D eigenvalue weighted by Crippen LogP contribution is -2.61. The molecule has 0 bridgehead atoms. The third-order valence-electron chi connectivity index (χ3n) is 15.4. The second-order valence-corrected chi connectivity index (χ2v) is 23.1. The Kier molecular flexibility index (Phi) is 9.14. The van der Waals surface area contributed by atoms with Gasteiger partial charge in [-0.15, -0.1) is 0 Å². The van der Waals surface area contributed by atoms with Gasteiger partial charge in [-0.1, -0.05) is 162 Å². The predicted octanol–water partition coefficient (Wildman–Crippen LogP) is 15.4. The Labute approximate surface area is 387 Å². The Morgan fingerprint density at radius 2 is 1.14 bits per heavy atom. The highest BCUT2D eigenvalue weighted by atomic mass is 16.4. The summed E-state index contributed by atoms with van der Waals surface area (Å²) < 4.78 is 7.34. The van der Waals surface area contributed by atoms with Crippen LogP contribution in [0.3, 0.4) is 0 Å². The van der Waals surface area contributed by atoms with E-state index in [0.717, 1.165) is 35.7 Å². The van der Waals surface area contributed by atoms with E-state index in [9.17, 15) is 0 Å². The van der Waals surface area contributed by atoms with Gasteiger partial charge in [-0.05, 0) is 156 Å². The van der Waals surface area contributed by atoms with E-state index in [1.54, 1.807) is 0 Å². The van der Waals surface area contributed by atoms with Gasteiger partial charge >= 0.3 is 0 Å². The van der Waals surface area contributed by atoms with Crippen LogP contribution in [0.25, 0.3) is 32.9 Å². The van der Waals surface area contributed by atoms with Gasteiger partial charge in [-0.3, -0.25) is 4.90 Å². The van der Waals surface area contributed by atoms with Crippen LogP contribution in [0.15, 0.2) is 138 Å². The quantitative estimate of drug-likeness (QED) is 0.165. The molecule has 65 heavy (non-hydrogen) atoms. The van der Waals surface area contributed by atoms with Crippen LogP contribution in [0, 0.1) is 0 Å². The minimum atomic E-state index is -0.0783. The second-order valence-electron chi connectivity index (χ2n) is 23.1. The molecular formula is C61H63BN2O. The Hall–Kier alpha value is -6.00. The average Bonchev–Trinajstić information content (AvgIpc) is 3.65. The Morgan fingerprint density at radius 1 is 0.554 bits per heavy atom. The van der Waals surface area contributed by atoms with Gasteiger partial charge in [-0.25, -0.2) is 0 Å². The molecular weight excluding hydrogens is 787 g/mol. The highest BCUT2D eigenvalue weighted by Gasteiger charge is 2.49. The molecule has 0 fully saturated rings. The standard InChI is InChI=1S/C61H63BN2O/c1-37(2)38-20-25-44(26-21-38)64-53-33-40(46-19-15-17-39-16-13-14-18-45(39)46)32-52-56(53)62(55-47-34-42(59(6,7)8)24-29-54(47)65-57(55)64)50-35-48-49(61(11,12)31-30-60(48,9)10)36-51(50)63(52)43-27-22-41(23-28-43)58(3,4)5/h13-29,32-37H,30-31H2,1-12H3. The third kappa shape index (κ3) is 6.52. The minimum absolute atomic E-state index is 0.0263. The molecule has 3 nitrogen and oxygen atoms in total. The summed E-state index contributed by atoms with van der Waals surface area (Å²) in [6.45, 7) is 28.2. The highest BCUT2D eigenvalue weighted by Crippen LogP contribution is 2.52. The first-order valence-corrected chi connectivity index (χ1v) is 24.0. The monoisotopic (exact) mass is 851 g/mol. The number of hydrogen-bond donors (Lipinski definition) is 0. The lowest BCUT2D eigenvalue weighted by molar-refractivity contribution is 0.332. The molecule has 0 spiro atoms. The molecule has 0 atom stereocenters. The first kappa shape index (κ1) is 41.7. The molecule has 0 N–H and O–H groups in total. The summed E-state index contributed by atoms with van der Waals surface area (Å²) in [6.07, 6.45) is 2.30. The lowest BCUT2D eigenvalue weighted by atomic mass is 9.33. The maximum Gasteiger partial charge on any atom is 0.257 e. The first-order chi connectivity index (χ1) is 30.8. The van der Waals surface area contributed by atoms with Crippen LogP contribution in [-0.4, -0.2) is 6.71 Å². The summed E-state index contributed by atoms with van der Waals surface area (Å²) in [4.78, 5) is 5.08. The van der Waals surface area contributed by atoms with Gasteiger partial charge in [0.05, 0.1) is 0 Å². The van der Waals surface area contributed by atoms with Gasteiger partial charge in [0.1, 0.15) is 5.58 Å². The molecule has 11 rings (SSSR count). The van der Waals surface area contributed by atoms with Crippen molar-refractivity contribution in [1.29, 1.82) is 0 Å². The average molecular weight is 851 g/mol. The van der Waals surface area contributed by atoms with Crippen molar-refractivity contribution in [2.75, 3.05) is 9.80 Å². The molecule has 4 heteroatoms. The Bertz CT molecular complexity index is 3200. The molecule has 0 amide bonds. The van der Waals surface area contributed by atoms with Crippen LogP contribution in [0.2, 0.25) is 0 Å². The topological polar surface area (TPSA) is 19.6 Å². The molecule has 326 valence electrons. The largest absolute Gasteiger partial charge is 0.440 e. The summed E-state index contributed by atoms with van der Waals surface area (Å²) in [5, 5.41) is 3.68. The molecule has 8 aromatic rings. The van der Waals surface area contributed by atoms with Crippen molar-refractivity contribution in [2.24, 2.45) is 0 Å². The number of nitrogens with zero attached hydrogens (tertiary/aromatic N) is 2. The maximum absolute atomic E-state index is 7.34. The van der Waals surface area contributed by atoms with Crippen LogP contribution >= 0.6 is 0 Å². The number of hydrogen-bond acceptors (Lipinski definition) is 3. The molecule has 0 saturated carbocycles. The van der Waals surface area contributed by atoms with Gasteiger partial charge in [0.2, 0.25) is 5.88 Å². The first-order valence-electron chi connectivity index (χ1n) is 24.0. The summed E-state index contributed by atoms with van der Waals surface area (Å²) in [7, 11) is 0. The SMILES string of the molecule is CC(C)c1ccc(N2c3cc(-c4cccc5ccccc45)cc4c3B(c3cc5c(cc3N4c3ccc(C(C)(C)C)cc3)C(C)(C)CCC5(C)C)c3c2oc2ccc(C(C)(C)C)cc32)cc1. The van der Waals surface area contributed by atoms with E-state index in [-0.39, 0.29) is 28.4 Å². The summed E-state index contributed by atoms with van der Waals surface area (Å²) in [5.41, 5.74) is 20.1. The number of benzene rings is 7. The van der Waals surface area contributed by atoms with Crippen LogP contribution in [0.1, 0.15) is 130 Å². The van der Waals surface area contributed by atoms with Crippen LogP contribution < -0.4 is 26.2 Å².